The summed E-state index contributed by atoms with van der Waals surface area (Å²) in [7, 11) is 0. The Morgan fingerprint density at radius 1 is 1.30 bits per heavy atom. The number of ether oxygens (including phenoxy) is 3. The van der Waals surface area contributed by atoms with Gasteiger partial charge in [0.05, 0.1) is 6.61 Å². The predicted molar refractivity (Wildman–Crippen MR) is 75.4 cm³/mol. The van der Waals surface area contributed by atoms with Crippen molar-refractivity contribution in [2.24, 2.45) is 5.92 Å². The lowest BCUT2D eigenvalue weighted by Gasteiger charge is -2.32. The first-order valence-electron chi connectivity index (χ1n) is 7.77. The fourth-order valence-corrected chi connectivity index (χ4v) is 3.04. The Hall–Kier alpha value is -1.73. The molecule has 0 aromatic heterocycles. The molecule has 2 fully saturated rings. The molecule has 5 nitrogen and oxygen atoms in total. The summed E-state index contributed by atoms with van der Waals surface area (Å²) in [5, 5.41) is 0. The van der Waals surface area contributed by atoms with Crippen molar-refractivity contribution in [3.63, 3.8) is 0 Å². The predicted octanol–water partition coefficient (Wildman–Crippen LogP) is 2.19. The number of hydrogen-bond acceptors (Lipinski definition) is 5. The fraction of sp³-hybridized carbons (Fsp3) is 0.562. The van der Waals surface area contributed by atoms with Crippen LogP contribution in [-0.2, 0) is 16.1 Å². The Labute approximate surface area is 132 Å². The van der Waals surface area contributed by atoms with E-state index in [2.05, 4.69) is 9.47 Å². The Balaban J connectivity index is 1.46. The van der Waals surface area contributed by atoms with Crippen molar-refractivity contribution in [2.45, 2.75) is 31.8 Å². The standard InChI is InChI=1S/C16H17F2NO4/c17-16(18)22-12-3-1-2-11(15(12)23-16)8-19-6-7-21-13(9-19)14(20)10-4-5-10/h1-3,10,13H,4-9H2. The minimum absolute atomic E-state index is 0.0476. The van der Waals surface area contributed by atoms with Crippen molar-refractivity contribution in [3.8, 4) is 11.5 Å². The molecular formula is C16H17F2NO4. The fourth-order valence-electron chi connectivity index (χ4n) is 3.04. The summed E-state index contributed by atoms with van der Waals surface area (Å²) < 4.78 is 41.1. The van der Waals surface area contributed by atoms with Crippen LogP contribution in [0.4, 0.5) is 8.78 Å². The molecule has 2 heterocycles. The first kappa shape index (κ1) is 14.8. The van der Waals surface area contributed by atoms with Crippen LogP contribution in [0.2, 0.25) is 0 Å². The molecule has 0 spiro atoms. The third kappa shape index (κ3) is 3.03. The van der Waals surface area contributed by atoms with Gasteiger partial charge in [-0.3, -0.25) is 9.69 Å². The van der Waals surface area contributed by atoms with Crippen molar-refractivity contribution < 1.29 is 27.8 Å². The zero-order valence-electron chi connectivity index (χ0n) is 12.5. The number of morpholine rings is 1. The Bertz CT molecular complexity index is 633. The van der Waals surface area contributed by atoms with Gasteiger partial charge in [0.25, 0.3) is 0 Å². The molecule has 0 bridgehead atoms. The number of nitrogens with zero attached hydrogens (tertiary/aromatic N) is 1. The van der Waals surface area contributed by atoms with Crippen LogP contribution in [-0.4, -0.2) is 42.8 Å². The number of rotatable bonds is 4. The highest BCUT2D eigenvalue weighted by molar-refractivity contribution is 5.87. The Morgan fingerprint density at radius 2 is 2.13 bits per heavy atom. The third-order valence-electron chi connectivity index (χ3n) is 4.35. The summed E-state index contributed by atoms with van der Waals surface area (Å²) in [5.74, 6) is 0.441. The maximum atomic E-state index is 13.2. The summed E-state index contributed by atoms with van der Waals surface area (Å²) in [4.78, 5) is 14.2. The van der Waals surface area contributed by atoms with Gasteiger partial charge in [-0.1, -0.05) is 12.1 Å². The van der Waals surface area contributed by atoms with Gasteiger partial charge >= 0.3 is 6.29 Å². The van der Waals surface area contributed by atoms with Crippen LogP contribution < -0.4 is 9.47 Å². The molecule has 1 atom stereocenters. The molecule has 4 rings (SSSR count). The first-order chi connectivity index (χ1) is 11.0. The summed E-state index contributed by atoms with van der Waals surface area (Å²) in [6.07, 6.45) is -2.13. The number of benzene rings is 1. The lowest BCUT2D eigenvalue weighted by atomic mass is 10.1. The van der Waals surface area contributed by atoms with Crippen molar-refractivity contribution in [2.75, 3.05) is 19.7 Å². The van der Waals surface area contributed by atoms with E-state index in [0.717, 1.165) is 12.8 Å². The molecule has 1 saturated carbocycles. The van der Waals surface area contributed by atoms with Crippen molar-refractivity contribution in [1.29, 1.82) is 0 Å². The average Bonchev–Trinajstić information content (AvgIpc) is 3.30. The molecule has 1 unspecified atom stereocenters. The molecular weight excluding hydrogens is 308 g/mol. The Morgan fingerprint density at radius 3 is 2.91 bits per heavy atom. The largest absolute Gasteiger partial charge is 0.586 e. The molecule has 1 aliphatic carbocycles. The normalized spacial score (nSPS) is 26.3. The van der Waals surface area contributed by atoms with Gasteiger partial charge in [-0.2, -0.15) is 0 Å². The zero-order chi connectivity index (χ0) is 16.0. The number of para-hydroxylation sites is 1. The van der Waals surface area contributed by atoms with E-state index in [1.807, 2.05) is 4.90 Å². The van der Waals surface area contributed by atoms with Gasteiger partial charge < -0.3 is 14.2 Å². The topological polar surface area (TPSA) is 48.0 Å². The summed E-state index contributed by atoms with van der Waals surface area (Å²) in [6, 6.07) is 4.85. The Kier molecular flexibility index (Phi) is 3.50. The summed E-state index contributed by atoms with van der Waals surface area (Å²) in [5.41, 5.74) is 0.624. The summed E-state index contributed by atoms with van der Waals surface area (Å²) in [6.45, 7) is 2.01. The van der Waals surface area contributed by atoms with Crippen molar-refractivity contribution in [1.82, 2.24) is 4.90 Å². The highest BCUT2D eigenvalue weighted by Crippen LogP contribution is 2.43. The van der Waals surface area contributed by atoms with Gasteiger partial charge in [-0.15, -0.1) is 8.78 Å². The van der Waals surface area contributed by atoms with E-state index in [-0.39, 0.29) is 23.2 Å². The molecule has 124 valence electrons. The number of hydrogen-bond donors (Lipinski definition) is 0. The number of Topliss-reactive ketones (excluding diaryl/α,β-unsaturated/α-hetero) is 1. The van der Waals surface area contributed by atoms with Crippen molar-refractivity contribution in [3.05, 3.63) is 23.8 Å². The number of fused-ring (bicyclic) bond motifs is 1. The molecule has 0 amide bonds. The van der Waals surface area contributed by atoms with Gasteiger partial charge in [0.1, 0.15) is 6.10 Å². The van der Waals surface area contributed by atoms with E-state index in [4.69, 9.17) is 4.74 Å². The van der Waals surface area contributed by atoms with Crippen LogP contribution in [0, 0.1) is 5.92 Å². The maximum Gasteiger partial charge on any atom is 0.586 e. The van der Waals surface area contributed by atoms with Crippen LogP contribution >= 0.6 is 0 Å². The lowest BCUT2D eigenvalue weighted by molar-refractivity contribution is -0.287. The minimum Gasteiger partial charge on any atom is -0.395 e. The van der Waals surface area contributed by atoms with Crippen LogP contribution in [0.3, 0.4) is 0 Å². The van der Waals surface area contributed by atoms with Crippen LogP contribution in [0.15, 0.2) is 18.2 Å². The van der Waals surface area contributed by atoms with E-state index in [1.165, 1.54) is 6.07 Å². The molecule has 1 aromatic carbocycles. The number of ketones is 1. The molecule has 1 saturated heterocycles. The highest BCUT2D eigenvalue weighted by atomic mass is 19.3. The molecule has 3 aliphatic rings. The van der Waals surface area contributed by atoms with Crippen LogP contribution in [0.25, 0.3) is 0 Å². The van der Waals surface area contributed by atoms with Crippen molar-refractivity contribution >= 4 is 5.78 Å². The van der Waals surface area contributed by atoms with Crippen LogP contribution in [0.1, 0.15) is 18.4 Å². The quantitative estimate of drug-likeness (QED) is 0.849. The lowest BCUT2D eigenvalue weighted by Crippen LogP contribution is -2.46. The second-order valence-electron chi connectivity index (χ2n) is 6.18. The maximum absolute atomic E-state index is 13.2. The van der Waals surface area contributed by atoms with E-state index in [0.29, 0.717) is 31.8 Å². The molecule has 23 heavy (non-hydrogen) atoms. The van der Waals surface area contributed by atoms with Gasteiger partial charge in [0.2, 0.25) is 0 Å². The van der Waals surface area contributed by atoms with Gasteiger partial charge in [0.15, 0.2) is 17.3 Å². The number of carbonyl (C=O) groups is 1. The van der Waals surface area contributed by atoms with E-state index in [1.54, 1.807) is 12.1 Å². The second kappa shape index (κ2) is 5.42. The summed E-state index contributed by atoms with van der Waals surface area (Å²) >= 11 is 0. The first-order valence-corrected chi connectivity index (χ1v) is 7.77. The van der Waals surface area contributed by atoms with Crippen LogP contribution in [0.5, 0.6) is 11.5 Å². The third-order valence-corrected chi connectivity index (χ3v) is 4.35. The van der Waals surface area contributed by atoms with Gasteiger partial charge in [-0.05, 0) is 18.9 Å². The molecule has 1 aromatic rings. The van der Waals surface area contributed by atoms with E-state index < -0.39 is 12.4 Å². The molecule has 0 radical (unpaired) electrons. The van der Waals surface area contributed by atoms with Gasteiger partial charge in [0, 0.05) is 31.1 Å². The molecule has 0 N–H and O–H groups in total. The molecule has 2 aliphatic heterocycles. The highest BCUT2D eigenvalue weighted by Gasteiger charge is 2.44. The second-order valence-corrected chi connectivity index (χ2v) is 6.18. The number of alkyl halides is 2. The molecule has 7 heteroatoms. The van der Waals surface area contributed by atoms with E-state index in [9.17, 15) is 13.6 Å². The monoisotopic (exact) mass is 325 g/mol. The SMILES string of the molecule is O=C(C1CC1)C1CN(Cc2cccc3c2OC(F)(F)O3)CCO1. The average molecular weight is 325 g/mol. The zero-order valence-corrected chi connectivity index (χ0v) is 12.5. The van der Waals surface area contributed by atoms with E-state index >= 15 is 0 Å². The van der Waals surface area contributed by atoms with Gasteiger partial charge in [-0.25, -0.2) is 0 Å². The number of carbonyl (C=O) groups excluding carboxylic acids is 1. The minimum atomic E-state index is -3.62. The number of halogens is 2. The smallest absolute Gasteiger partial charge is 0.395 e.